The summed E-state index contributed by atoms with van der Waals surface area (Å²) in [5.41, 5.74) is 4.33. The molecule has 36 heavy (non-hydrogen) atoms. The summed E-state index contributed by atoms with van der Waals surface area (Å²) < 4.78 is 15.5. The Morgan fingerprint density at radius 3 is 2.47 bits per heavy atom. The number of nitrogens with zero attached hydrogens (tertiary/aromatic N) is 5. The van der Waals surface area contributed by atoms with Gasteiger partial charge in [-0.05, 0) is 91.2 Å². The molecule has 2 aromatic heterocycles. The summed E-state index contributed by atoms with van der Waals surface area (Å²) in [5, 5.41) is 13.8. The number of hydrogen-bond acceptors (Lipinski definition) is 5. The van der Waals surface area contributed by atoms with E-state index in [4.69, 9.17) is 0 Å². The lowest BCUT2D eigenvalue weighted by molar-refractivity contribution is 0.150. The Bertz CT molecular complexity index is 1410. The number of benzene rings is 2. The van der Waals surface area contributed by atoms with Gasteiger partial charge < -0.3 is 4.98 Å². The Labute approximate surface area is 211 Å². The minimum Gasteiger partial charge on any atom is -0.321 e. The van der Waals surface area contributed by atoms with Crippen LogP contribution in [0.3, 0.4) is 0 Å². The summed E-state index contributed by atoms with van der Waals surface area (Å²) in [7, 11) is 0. The van der Waals surface area contributed by atoms with Crippen molar-refractivity contribution in [2.24, 2.45) is 0 Å². The predicted molar refractivity (Wildman–Crippen MR) is 140 cm³/mol. The van der Waals surface area contributed by atoms with Crippen LogP contribution in [0.1, 0.15) is 74.7 Å². The van der Waals surface area contributed by atoms with Crippen molar-refractivity contribution in [1.82, 2.24) is 30.1 Å². The molecule has 0 saturated carbocycles. The van der Waals surface area contributed by atoms with E-state index in [1.54, 1.807) is 12.1 Å². The highest BCUT2D eigenvalue weighted by Gasteiger charge is 2.31. The lowest BCUT2D eigenvalue weighted by Crippen LogP contribution is -2.36. The highest BCUT2D eigenvalue weighted by atomic mass is 19.1. The normalized spacial score (nSPS) is 13.0. The van der Waals surface area contributed by atoms with Crippen LogP contribution in [-0.4, -0.2) is 30.1 Å². The SMILES string of the molecule is CC[C@@H](c1nnnn1C(C)(C)CC)N(Cc1ccc(F)cc1)Cc1cc2ccc(C)c(C)c2[nH]c1=O. The molecular weight excluding hydrogens is 455 g/mol. The maximum Gasteiger partial charge on any atom is 0.252 e. The van der Waals surface area contributed by atoms with Crippen molar-refractivity contribution in [3.05, 3.63) is 86.7 Å². The highest BCUT2D eigenvalue weighted by Crippen LogP contribution is 2.30. The summed E-state index contributed by atoms with van der Waals surface area (Å²) in [5.74, 6) is 0.484. The van der Waals surface area contributed by atoms with Crippen LogP contribution in [0.15, 0.2) is 47.3 Å². The van der Waals surface area contributed by atoms with Crippen molar-refractivity contribution in [3.63, 3.8) is 0 Å². The molecule has 0 bridgehead atoms. The molecule has 0 saturated heterocycles. The molecule has 8 heteroatoms. The molecule has 0 spiro atoms. The van der Waals surface area contributed by atoms with Crippen LogP contribution >= 0.6 is 0 Å². The average molecular weight is 491 g/mol. The van der Waals surface area contributed by atoms with Gasteiger partial charge in [-0.3, -0.25) is 9.69 Å². The molecule has 1 atom stereocenters. The third-order valence-electron chi connectivity index (χ3n) is 7.36. The van der Waals surface area contributed by atoms with Crippen molar-refractivity contribution in [1.29, 1.82) is 0 Å². The van der Waals surface area contributed by atoms with E-state index in [1.165, 1.54) is 12.1 Å². The molecule has 4 aromatic rings. The van der Waals surface area contributed by atoms with Crippen LogP contribution < -0.4 is 5.56 Å². The Balaban J connectivity index is 1.79. The van der Waals surface area contributed by atoms with E-state index in [-0.39, 0.29) is 23.0 Å². The van der Waals surface area contributed by atoms with Crippen LogP contribution in [0.4, 0.5) is 4.39 Å². The summed E-state index contributed by atoms with van der Waals surface area (Å²) >= 11 is 0. The molecule has 4 rings (SSSR count). The van der Waals surface area contributed by atoms with Gasteiger partial charge in [-0.25, -0.2) is 9.07 Å². The summed E-state index contributed by atoms with van der Waals surface area (Å²) in [6.07, 6.45) is 1.60. The molecule has 0 radical (unpaired) electrons. The Kier molecular flexibility index (Phi) is 7.36. The van der Waals surface area contributed by atoms with Gasteiger partial charge in [0.1, 0.15) is 5.82 Å². The first kappa shape index (κ1) is 25.7. The van der Waals surface area contributed by atoms with Crippen molar-refractivity contribution in [2.75, 3.05) is 0 Å². The highest BCUT2D eigenvalue weighted by molar-refractivity contribution is 5.83. The van der Waals surface area contributed by atoms with E-state index in [0.717, 1.165) is 46.3 Å². The van der Waals surface area contributed by atoms with Gasteiger partial charge in [0.05, 0.1) is 17.1 Å². The average Bonchev–Trinajstić information content (AvgIpc) is 3.35. The topological polar surface area (TPSA) is 79.7 Å². The van der Waals surface area contributed by atoms with Crippen molar-refractivity contribution in [3.8, 4) is 0 Å². The number of aromatic amines is 1. The van der Waals surface area contributed by atoms with Crippen LogP contribution in [0.5, 0.6) is 0 Å². The summed E-state index contributed by atoms with van der Waals surface area (Å²) in [6.45, 7) is 13.4. The van der Waals surface area contributed by atoms with Gasteiger partial charge in [0.15, 0.2) is 5.82 Å². The molecule has 0 amide bonds. The van der Waals surface area contributed by atoms with Crippen molar-refractivity contribution in [2.45, 2.75) is 79.1 Å². The molecule has 0 aliphatic heterocycles. The standard InChI is InChI=1S/C28H35FN6O/c1-7-24(26-31-32-33-35(26)28(5,6)8-2)34(16-20-10-13-23(29)14-11-20)17-22-15-21-12-9-18(3)19(4)25(21)30-27(22)36/h9-15,24H,7-8,16-17H2,1-6H3,(H,30,36)/t24-/m0/s1. The molecular formula is C28H35FN6O. The number of nitrogens with one attached hydrogen (secondary N) is 1. The van der Waals surface area contributed by atoms with Crippen molar-refractivity contribution < 1.29 is 4.39 Å². The van der Waals surface area contributed by atoms with E-state index in [0.29, 0.717) is 18.7 Å². The fraction of sp³-hybridized carbons (Fsp3) is 0.429. The number of rotatable bonds is 9. The van der Waals surface area contributed by atoms with Gasteiger partial charge in [-0.15, -0.1) is 5.10 Å². The van der Waals surface area contributed by atoms with E-state index in [1.807, 2.05) is 30.7 Å². The molecule has 1 N–H and O–H groups in total. The second-order valence-electron chi connectivity index (χ2n) is 10.2. The fourth-order valence-electron chi connectivity index (χ4n) is 4.59. The third-order valence-corrected chi connectivity index (χ3v) is 7.36. The molecule has 0 fully saturated rings. The maximum absolute atomic E-state index is 13.6. The number of H-pyrrole nitrogens is 1. The number of aryl methyl sites for hydroxylation is 2. The van der Waals surface area contributed by atoms with Gasteiger partial charge in [-0.1, -0.05) is 38.1 Å². The minimum absolute atomic E-state index is 0.108. The van der Waals surface area contributed by atoms with Crippen LogP contribution in [0.2, 0.25) is 0 Å². The maximum atomic E-state index is 13.6. The molecule has 0 aliphatic rings. The van der Waals surface area contributed by atoms with Gasteiger partial charge >= 0.3 is 0 Å². The smallest absolute Gasteiger partial charge is 0.252 e. The van der Waals surface area contributed by atoms with E-state index < -0.39 is 0 Å². The number of hydrogen-bond donors (Lipinski definition) is 1. The first-order chi connectivity index (χ1) is 17.1. The van der Waals surface area contributed by atoms with Crippen LogP contribution in [-0.2, 0) is 18.6 Å². The first-order valence-corrected chi connectivity index (χ1v) is 12.5. The number of tetrazole rings is 1. The van der Waals surface area contributed by atoms with Gasteiger partial charge in [-0.2, -0.15) is 0 Å². The summed E-state index contributed by atoms with van der Waals surface area (Å²) in [4.78, 5) is 18.5. The van der Waals surface area contributed by atoms with Gasteiger partial charge in [0.2, 0.25) is 0 Å². The molecule has 0 aliphatic carbocycles. The monoisotopic (exact) mass is 490 g/mol. The molecule has 7 nitrogen and oxygen atoms in total. The van der Waals surface area contributed by atoms with E-state index in [9.17, 15) is 9.18 Å². The zero-order valence-corrected chi connectivity index (χ0v) is 22.0. The fourth-order valence-corrected chi connectivity index (χ4v) is 4.59. The first-order valence-electron chi connectivity index (χ1n) is 12.5. The molecule has 2 heterocycles. The minimum atomic E-state index is -0.275. The van der Waals surface area contributed by atoms with Crippen molar-refractivity contribution >= 4 is 10.9 Å². The molecule has 2 aromatic carbocycles. The zero-order valence-electron chi connectivity index (χ0n) is 22.0. The number of fused-ring (bicyclic) bond motifs is 1. The van der Waals surface area contributed by atoms with Crippen LogP contribution in [0, 0.1) is 19.7 Å². The second kappa shape index (κ2) is 10.3. The van der Waals surface area contributed by atoms with Crippen LogP contribution in [0.25, 0.3) is 10.9 Å². The Hall–Kier alpha value is -3.39. The van der Waals surface area contributed by atoms with Gasteiger partial charge in [0.25, 0.3) is 5.56 Å². The summed E-state index contributed by atoms with van der Waals surface area (Å²) in [6, 6.07) is 12.4. The zero-order chi connectivity index (χ0) is 26.0. The quantitative estimate of drug-likeness (QED) is 0.332. The lowest BCUT2D eigenvalue weighted by Gasteiger charge is -2.33. The van der Waals surface area contributed by atoms with E-state index >= 15 is 0 Å². The number of pyridine rings is 1. The Morgan fingerprint density at radius 1 is 1.08 bits per heavy atom. The largest absolute Gasteiger partial charge is 0.321 e. The second-order valence-corrected chi connectivity index (χ2v) is 10.2. The van der Waals surface area contributed by atoms with Gasteiger partial charge in [0, 0.05) is 18.7 Å². The number of aromatic nitrogens is 5. The Morgan fingerprint density at radius 2 is 1.81 bits per heavy atom. The molecule has 0 unspecified atom stereocenters. The number of halogens is 1. The molecule has 190 valence electrons. The predicted octanol–water partition coefficient (Wildman–Crippen LogP) is 5.57. The third kappa shape index (κ3) is 5.09. The van der Waals surface area contributed by atoms with E-state index in [2.05, 4.69) is 59.2 Å². The lowest BCUT2D eigenvalue weighted by atomic mass is 10.0.